The van der Waals surface area contributed by atoms with Crippen molar-refractivity contribution in [2.45, 2.75) is 32.9 Å². The fourth-order valence-electron chi connectivity index (χ4n) is 2.17. The van der Waals surface area contributed by atoms with Crippen LogP contribution in [0.3, 0.4) is 0 Å². The first-order chi connectivity index (χ1) is 8.88. The second kappa shape index (κ2) is 7.89. The Balaban J connectivity index is 1.78. The predicted molar refractivity (Wildman–Crippen MR) is 77.0 cm³/mol. The number of nitrogens with zero attached hydrogens (tertiary/aromatic N) is 1. The Morgan fingerprint density at radius 1 is 1.28 bits per heavy atom. The summed E-state index contributed by atoms with van der Waals surface area (Å²) < 4.78 is 5.48. The molecule has 1 fully saturated rings. The molecule has 0 unspecified atom stereocenters. The molecule has 0 radical (unpaired) electrons. The van der Waals surface area contributed by atoms with Crippen molar-refractivity contribution in [1.82, 2.24) is 10.2 Å². The van der Waals surface area contributed by atoms with Gasteiger partial charge in [-0.15, -0.1) is 11.3 Å². The molecular weight excluding hydrogens is 244 g/mol. The second-order valence-electron chi connectivity index (χ2n) is 4.79. The maximum absolute atomic E-state index is 5.48. The molecule has 0 atom stereocenters. The number of hydrogen-bond acceptors (Lipinski definition) is 4. The Morgan fingerprint density at radius 3 is 3.06 bits per heavy atom. The average molecular weight is 268 g/mol. The monoisotopic (exact) mass is 268 g/mol. The highest BCUT2D eigenvalue weighted by atomic mass is 32.1. The lowest BCUT2D eigenvalue weighted by molar-refractivity contribution is 0.140. The molecule has 1 aliphatic rings. The minimum Gasteiger partial charge on any atom is -0.380 e. The zero-order chi connectivity index (χ0) is 12.6. The van der Waals surface area contributed by atoms with Gasteiger partial charge in [-0.25, -0.2) is 0 Å². The third-order valence-corrected chi connectivity index (χ3v) is 4.21. The van der Waals surface area contributed by atoms with Crippen LogP contribution in [-0.2, 0) is 17.8 Å². The molecule has 0 aliphatic carbocycles. The normalized spacial score (nSPS) is 17.8. The van der Waals surface area contributed by atoms with Crippen molar-refractivity contribution in [3.63, 3.8) is 0 Å². The average Bonchev–Trinajstić information content (AvgIpc) is 2.65. The highest BCUT2D eigenvalue weighted by Crippen LogP contribution is 2.18. The summed E-state index contributed by atoms with van der Waals surface area (Å²) in [5.41, 5.74) is 0. The summed E-state index contributed by atoms with van der Waals surface area (Å²) >= 11 is 1.94. The van der Waals surface area contributed by atoms with Crippen LogP contribution in [-0.4, -0.2) is 37.7 Å². The van der Waals surface area contributed by atoms with Gasteiger partial charge in [0.25, 0.3) is 0 Å². The Morgan fingerprint density at radius 2 is 2.17 bits per heavy atom. The van der Waals surface area contributed by atoms with Gasteiger partial charge >= 0.3 is 0 Å². The maximum atomic E-state index is 5.48. The number of rotatable bonds is 6. The van der Waals surface area contributed by atoms with Crippen LogP contribution in [0.1, 0.15) is 29.5 Å². The van der Waals surface area contributed by atoms with Crippen LogP contribution < -0.4 is 5.32 Å². The van der Waals surface area contributed by atoms with E-state index in [4.69, 9.17) is 4.74 Å². The van der Waals surface area contributed by atoms with Crippen molar-refractivity contribution in [3.8, 4) is 0 Å². The van der Waals surface area contributed by atoms with Crippen molar-refractivity contribution in [3.05, 3.63) is 21.9 Å². The Hall–Kier alpha value is -0.420. The van der Waals surface area contributed by atoms with E-state index in [1.54, 1.807) is 0 Å². The minimum atomic E-state index is 0.885. The van der Waals surface area contributed by atoms with Gasteiger partial charge in [-0.05, 0) is 31.5 Å². The largest absolute Gasteiger partial charge is 0.380 e. The number of hydrogen-bond donors (Lipinski definition) is 1. The van der Waals surface area contributed by atoms with Crippen molar-refractivity contribution < 1.29 is 4.74 Å². The van der Waals surface area contributed by atoms with Gasteiger partial charge in [-0.2, -0.15) is 0 Å². The van der Waals surface area contributed by atoms with E-state index >= 15 is 0 Å². The van der Waals surface area contributed by atoms with Crippen molar-refractivity contribution in [1.29, 1.82) is 0 Å². The van der Waals surface area contributed by atoms with E-state index in [9.17, 15) is 0 Å². The van der Waals surface area contributed by atoms with E-state index < -0.39 is 0 Å². The molecule has 0 saturated carbocycles. The van der Waals surface area contributed by atoms with E-state index in [0.29, 0.717) is 0 Å². The molecule has 1 saturated heterocycles. The Bertz CT molecular complexity index is 332. The minimum absolute atomic E-state index is 0.885. The Kier molecular flexibility index (Phi) is 6.14. The van der Waals surface area contributed by atoms with Gasteiger partial charge in [0.05, 0.1) is 6.61 Å². The van der Waals surface area contributed by atoms with Crippen LogP contribution in [0.2, 0.25) is 0 Å². The summed E-state index contributed by atoms with van der Waals surface area (Å²) in [6, 6.07) is 4.54. The highest BCUT2D eigenvalue weighted by molar-refractivity contribution is 7.11. The molecule has 1 aromatic heterocycles. The molecule has 102 valence electrons. The topological polar surface area (TPSA) is 24.5 Å². The van der Waals surface area contributed by atoms with Gasteiger partial charge in [-0.1, -0.05) is 6.92 Å². The first kappa shape index (κ1) is 14.0. The predicted octanol–water partition coefficient (Wildman–Crippen LogP) is 2.47. The zero-order valence-corrected chi connectivity index (χ0v) is 12.1. The summed E-state index contributed by atoms with van der Waals surface area (Å²) in [4.78, 5) is 5.43. The lowest BCUT2D eigenvalue weighted by Gasteiger charge is -2.17. The molecule has 3 nitrogen and oxygen atoms in total. The summed E-state index contributed by atoms with van der Waals surface area (Å²) in [6.07, 6.45) is 2.36. The van der Waals surface area contributed by atoms with E-state index in [2.05, 4.69) is 29.3 Å². The molecule has 0 aromatic carbocycles. The van der Waals surface area contributed by atoms with Gasteiger partial charge in [0.2, 0.25) is 0 Å². The fraction of sp³-hybridized carbons (Fsp3) is 0.714. The van der Waals surface area contributed by atoms with Crippen LogP contribution in [0.25, 0.3) is 0 Å². The summed E-state index contributed by atoms with van der Waals surface area (Å²) in [5.74, 6) is 0. The number of nitrogens with one attached hydrogen (secondary N) is 1. The van der Waals surface area contributed by atoms with Crippen LogP contribution in [0.5, 0.6) is 0 Å². The van der Waals surface area contributed by atoms with E-state index in [-0.39, 0.29) is 0 Å². The molecule has 18 heavy (non-hydrogen) atoms. The molecule has 2 rings (SSSR count). The molecule has 0 bridgehead atoms. The molecule has 0 amide bonds. The second-order valence-corrected chi connectivity index (χ2v) is 6.04. The highest BCUT2D eigenvalue weighted by Gasteiger charge is 2.10. The lowest BCUT2D eigenvalue weighted by atomic mass is 10.3. The third-order valence-electron chi connectivity index (χ3n) is 3.14. The smallest absolute Gasteiger partial charge is 0.0593 e. The quantitative estimate of drug-likeness (QED) is 0.802. The maximum Gasteiger partial charge on any atom is 0.0593 e. The van der Waals surface area contributed by atoms with Crippen molar-refractivity contribution in [2.24, 2.45) is 0 Å². The van der Waals surface area contributed by atoms with Gasteiger partial charge in [0.1, 0.15) is 0 Å². The third kappa shape index (κ3) is 4.69. The summed E-state index contributed by atoms with van der Waals surface area (Å²) in [6.45, 7) is 9.46. The van der Waals surface area contributed by atoms with Gasteiger partial charge < -0.3 is 10.1 Å². The standard InChI is InChI=1S/C14H24N2OS/c1-2-6-15-11-13-4-5-14(18-13)12-16-7-3-9-17-10-8-16/h4-5,15H,2-3,6-12H2,1H3. The molecule has 2 heterocycles. The van der Waals surface area contributed by atoms with Crippen LogP contribution in [0.4, 0.5) is 0 Å². The molecule has 1 aromatic rings. The Labute approximate surface area is 114 Å². The van der Waals surface area contributed by atoms with Crippen molar-refractivity contribution >= 4 is 11.3 Å². The molecule has 0 spiro atoms. The van der Waals surface area contributed by atoms with Crippen molar-refractivity contribution in [2.75, 3.05) is 32.8 Å². The molecule has 4 heteroatoms. The molecule has 1 N–H and O–H groups in total. The zero-order valence-electron chi connectivity index (χ0n) is 11.3. The van der Waals surface area contributed by atoms with Gasteiger partial charge in [-0.3, -0.25) is 4.90 Å². The number of thiophene rings is 1. The summed E-state index contributed by atoms with van der Waals surface area (Å²) in [5, 5.41) is 3.46. The molecular formula is C14H24N2OS. The summed E-state index contributed by atoms with van der Waals surface area (Å²) in [7, 11) is 0. The van der Waals surface area contributed by atoms with Crippen LogP contribution in [0.15, 0.2) is 12.1 Å². The van der Waals surface area contributed by atoms with Crippen LogP contribution in [0, 0.1) is 0 Å². The lowest BCUT2D eigenvalue weighted by Crippen LogP contribution is -2.25. The van der Waals surface area contributed by atoms with E-state index in [1.807, 2.05) is 11.3 Å². The van der Waals surface area contributed by atoms with Gasteiger partial charge in [0.15, 0.2) is 0 Å². The fourth-order valence-corrected chi connectivity index (χ4v) is 3.20. The van der Waals surface area contributed by atoms with E-state index in [1.165, 1.54) is 22.7 Å². The first-order valence-electron chi connectivity index (χ1n) is 6.97. The van der Waals surface area contributed by atoms with Gasteiger partial charge in [0, 0.05) is 42.5 Å². The number of ether oxygens (including phenoxy) is 1. The first-order valence-corrected chi connectivity index (χ1v) is 7.78. The van der Waals surface area contributed by atoms with E-state index in [0.717, 1.165) is 45.8 Å². The molecule has 1 aliphatic heterocycles. The SMILES string of the molecule is CCCNCc1ccc(CN2CCCOCC2)s1. The van der Waals surface area contributed by atoms with Crippen LogP contribution >= 0.6 is 11.3 Å².